The zero-order valence-electron chi connectivity index (χ0n) is 9.58. The summed E-state index contributed by atoms with van der Waals surface area (Å²) in [7, 11) is 0. The molecule has 0 aliphatic carbocycles. The molecule has 4 heteroatoms. The van der Waals surface area contributed by atoms with Gasteiger partial charge in [0.2, 0.25) is 5.91 Å². The molecule has 2 N–H and O–H groups in total. The molecule has 0 spiro atoms. The first kappa shape index (κ1) is 10.5. The van der Waals surface area contributed by atoms with Crippen molar-refractivity contribution < 1.29 is 4.79 Å². The van der Waals surface area contributed by atoms with Crippen LogP contribution in [0.4, 0.5) is 0 Å². The lowest BCUT2D eigenvalue weighted by Crippen LogP contribution is -2.11. The minimum atomic E-state index is -0.437. The van der Waals surface area contributed by atoms with Crippen LogP contribution in [0.15, 0.2) is 54.7 Å². The van der Waals surface area contributed by atoms with E-state index in [1.807, 2.05) is 36.5 Å². The number of fused-ring (bicyclic) bond motifs is 1. The van der Waals surface area contributed by atoms with Gasteiger partial charge in [0, 0.05) is 17.1 Å². The fourth-order valence-corrected chi connectivity index (χ4v) is 1.90. The summed E-state index contributed by atoms with van der Waals surface area (Å²) in [6, 6.07) is 15.0. The Morgan fingerprint density at radius 1 is 1.11 bits per heavy atom. The van der Waals surface area contributed by atoms with Crippen molar-refractivity contribution in [3.63, 3.8) is 0 Å². The van der Waals surface area contributed by atoms with Gasteiger partial charge in [0.1, 0.15) is 0 Å². The summed E-state index contributed by atoms with van der Waals surface area (Å²) in [5.41, 5.74) is 7.49. The van der Waals surface area contributed by atoms with Gasteiger partial charge >= 0.3 is 0 Å². The Bertz CT molecular complexity index is 697. The van der Waals surface area contributed by atoms with E-state index in [0.29, 0.717) is 5.56 Å². The van der Waals surface area contributed by atoms with E-state index in [0.717, 1.165) is 16.6 Å². The van der Waals surface area contributed by atoms with Crippen molar-refractivity contribution in [1.82, 2.24) is 9.78 Å². The summed E-state index contributed by atoms with van der Waals surface area (Å²) in [6.07, 6.45) is 1.93. The fourth-order valence-electron chi connectivity index (χ4n) is 1.90. The largest absolute Gasteiger partial charge is 0.366 e. The maximum absolute atomic E-state index is 11.1. The third kappa shape index (κ3) is 1.73. The Morgan fingerprint density at radius 2 is 1.94 bits per heavy atom. The summed E-state index contributed by atoms with van der Waals surface area (Å²) < 4.78 is 1.75. The molecule has 0 fully saturated rings. The van der Waals surface area contributed by atoms with Crippen LogP contribution >= 0.6 is 0 Å². The maximum Gasteiger partial charge on any atom is 0.248 e. The van der Waals surface area contributed by atoms with Crippen LogP contribution in [0.25, 0.3) is 16.6 Å². The Labute approximate surface area is 104 Å². The minimum absolute atomic E-state index is 0.437. The molecule has 0 radical (unpaired) electrons. The second-order valence-corrected chi connectivity index (χ2v) is 4.05. The van der Waals surface area contributed by atoms with Gasteiger partial charge in [-0.1, -0.05) is 24.3 Å². The molecule has 1 aromatic heterocycles. The molecule has 18 heavy (non-hydrogen) atoms. The first-order valence-corrected chi connectivity index (χ1v) is 5.59. The molecule has 3 aromatic rings. The van der Waals surface area contributed by atoms with Gasteiger partial charge < -0.3 is 5.73 Å². The number of nitrogens with two attached hydrogens (primary N) is 1. The highest BCUT2D eigenvalue weighted by molar-refractivity contribution is 5.93. The second kappa shape index (κ2) is 4.00. The lowest BCUT2D eigenvalue weighted by molar-refractivity contribution is 0.100. The number of carbonyl (C=O) groups excluding carboxylic acids is 1. The van der Waals surface area contributed by atoms with Crippen molar-refractivity contribution in [3.8, 4) is 5.69 Å². The van der Waals surface area contributed by atoms with E-state index in [2.05, 4.69) is 5.10 Å². The molecule has 0 aliphatic heterocycles. The maximum atomic E-state index is 11.1. The van der Waals surface area contributed by atoms with Gasteiger partial charge in [-0.15, -0.1) is 0 Å². The van der Waals surface area contributed by atoms with E-state index in [4.69, 9.17) is 5.73 Å². The summed E-state index contributed by atoms with van der Waals surface area (Å²) in [6.45, 7) is 0. The highest BCUT2D eigenvalue weighted by Gasteiger charge is 2.05. The SMILES string of the molecule is NC(=O)c1cccc(-n2cc3ccccc3n2)c1. The third-order valence-corrected chi connectivity index (χ3v) is 2.81. The number of benzene rings is 2. The van der Waals surface area contributed by atoms with Crippen molar-refractivity contribution in [2.45, 2.75) is 0 Å². The molecule has 0 bridgehead atoms. The quantitative estimate of drug-likeness (QED) is 0.742. The molecule has 2 aromatic carbocycles. The first-order valence-electron chi connectivity index (χ1n) is 5.59. The number of rotatable bonds is 2. The predicted molar refractivity (Wildman–Crippen MR) is 69.6 cm³/mol. The highest BCUT2D eigenvalue weighted by Crippen LogP contribution is 2.16. The van der Waals surface area contributed by atoms with Crippen LogP contribution in [0.3, 0.4) is 0 Å². The Kier molecular flexibility index (Phi) is 2.34. The summed E-state index contributed by atoms with van der Waals surface area (Å²) in [5, 5.41) is 5.51. The molecular weight excluding hydrogens is 226 g/mol. The molecule has 1 heterocycles. The minimum Gasteiger partial charge on any atom is -0.366 e. The third-order valence-electron chi connectivity index (χ3n) is 2.81. The smallest absolute Gasteiger partial charge is 0.248 e. The van der Waals surface area contributed by atoms with Crippen LogP contribution in [0.2, 0.25) is 0 Å². The Morgan fingerprint density at radius 3 is 2.72 bits per heavy atom. The molecule has 0 atom stereocenters. The van der Waals surface area contributed by atoms with Crippen LogP contribution in [0.1, 0.15) is 10.4 Å². The average molecular weight is 237 g/mol. The number of nitrogens with zero attached hydrogens (tertiary/aromatic N) is 2. The molecule has 4 nitrogen and oxygen atoms in total. The molecule has 0 aliphatic rings. The van der Waals surface area contributed by atoms with Gasteiger partial charge in [-0.2, -0.15) is 5.10 Å². The predicted octanol–water partition coefficient (Wildman–Crippen LogP) is 2.12. The van der Waals surface area contributed by atoms with Gasteiger partial charge in [-0.25, -0.2) is 4.68 Å². The molecule has 88 valence electrons. The monoisotopic (exact) mass is 237 g/mol. The summed E-state index contributed by atoms with van der Waals surface area (Å²) in [5.74, 6) is -0.437. The zero-order chi connectivity index (χ0) is 12.5. The molecule has 0 saturated carbocycles. The highest BCUT2D eigenvalue weighted by atomic mass is 16.1. The van der Waals surface area contributed by atoms with Gasteiger partial charge in [-0.05, 0) is 24.3 Å². The van der Waals surface area contributed by atoms with Gasteiger partial charge in [0.15, 0.2) is 0 Å². The lowest BCUT2D eigenvalue weighted by Gasteiger charge is -2.02. The van der Waals surface area contributed by atoms with E-state index >= 15 is 0 Å². The molecule has 0 saturated heterocycles. The van der Waals surface area contributed by atoms with Gasteiger partial charge in [-0.3, -0.25) is 4.79 Å². The van der Waals surface area contributed by atoms with E-state index < -0.39 is 5.91 Å². The number of hydrogen-bond donors (Lipinski definition) is 1. The molecule has 1 amide bonds. The molecule has 3 rings (SSSR count). The average Bonchev–Trinajstić information content (AvgIpc) is 2.82. The molecular formula is C14H11N3O. The van der Waals surface area contributed by atoms with E-state index in [1.165, 1.54) is 0 Å². The van der Waals surface area contributed by atoms with Crippen molar-refractivity contribution >= 4 is 16.8 Å². The van der Waals surface area contributed by atoms with Crippen LogP contribution in [-0.4, -0.2) is 15.7 Å². The van der Waals surface area contributed by atoms with Crippen LogP contribution in [0, 0.1) is 0 Å². The van der Waals surface area contributed by atoms with Crippen molar-refractivity contribution in [2.24, 2.45) is 5.73 Å². The van der Waals surface area contributed by atoms with Crippen LogP contribution in [0.5, 0.6) is 0 Å². The lowest BCUT2D eigenvalue weighted by atomic mass is 10.2. The van der Waals surface area contributed by atoms with Crippen molar-refractivity contribution in [2.75, 3.05) is 0 Å². The second-order valence-electron chi connectivity index (χ2n) is 4.05. The Hall–Kier alpha value is -2.62. The van der Waals surface area contributed by atoms with Gasteiger partial charge in [0.05, 0.1) is 11.2 Å². The van der Waals surface area contributed by atoms with Crippen LogP contribution < -0.4 is 5.73 Å². The number of hydrogen-bond acceptors (Lipinski definition) is 2. The Balaban J connectivity index is 2.13. The van der Waals surface area contributed by atoms with Crippen LogP contribution in [-0.2, 0) is 0 Å². The topological polar surface area (TPSA) is 60.9 Å². The normalized spacial score (nSPS) is 10.7. The summed E-state index contributed by atoms with van der Waals surface area (Å²) in [4.78, 5) is 11.1. The van der Waals surface area contributed by atoms with E-state index in [9.17, 15) is 4.79 Å². The zero-order valence-corrected chi connectivity index (χ0v) is 9.58. The number of primary amides is 1. The fraction of sp³-hybridized carbons (Fsp3) is 0. The van der Waals surface area contributed by atoms with E-state index in [-0.39, 0.29) is 0 Å². The van der Waals surface area contributed by atoms with E-state index in [1.54, 1.807) is 22.9 Å². The number of aromatic nitrogens is 2. The van der Waals surface area contributed by atoms with Crippen molar-refractivity contribution in [3.05, 3.63) is 60.3 Å². The van der Waals surface area contributed by atoms with Crippen molar-refractivity contribution in [1.29, 1.82) is 0 Å². The first-order chi connectivity index (χ1) is 8.74. The number of carbonyl (C=O) groups is 1. The summed E-state index contributed by atoms with van der Waals surface area (Å²) >= 11 is 0. The molecule has 0 unspecified atom stereocenters. The number of amides is 1. The van der Waals surface area contributed by atoms with Gasteiger partial charge in [0.25, 0.3) is 0 Å². The standard InChI is InChI=1S/C14H11N3O/c15-14(18)10-5-3-6-12(8-10)17-9-11-4-1-2-7-13(11)16-17/h1-9H,(H2,15,18).